The number of likely N-dealkylation sites (N-methyl/N-ethyl adjacent to an activating group) is 1. The maximum Gasteiger partial charge on any atom is 0.415 e. The molecule has 1 aliphatic rings. The van der Waals surface area contributed by atoms with Crippen molar-refractivity contribution in [1.29, 1.82) is 0 Å². The summed E-state index contributed by atoms with van der Waals surface area (Å²) >= 11 is 0. The zero-order chi connectivity index (χ0) is 12.2. The summed E-state index contributed by atoms with van der Waals surface area (Å²) in [7, 11) is 0. The number of hydrogen-bond donors (Lipinski definition) is 2. The molecule has 6 heteroatoms. The topological polar surface area (TPSA) is 35.5 Å². The summed E-state index contributed by atoms with van der Waals surface area (Å²) in [6.45, 7) is 3.77. The van der Waals surface area contributed by atoms with E-state index in [1.165, 1.54) is 12.8 Å². The van der Waals surface area contributed by atoms with Crippen LogP contribution in [0.5, 0.6) is 0 Å². The lowest BCUT2D eigenvalue weighted by Gasteiger charge is -2.21. The first-order chi connectivity index (χ1) is 7.45. The Morgan fingerprint density at radius 2 is 2.06 bits per heavy atom. The largest absolute Gasteiger partial charge is 0.415 e. The van der Waals surface area contributed by atoms with E-state index in [2.05, 4.69) is 10.2 Å². The van der Waals surface area contributed by atoms with Crippen LogP contribution in [0.1, 0.15) is 19.8 Å². The molecule has 0 saturated heterocycles. The minimum atomic E-state index is -4.52. The summed E-state index contributed by atoms with van der Waals surface area (Å²) < 4.78 is 35.8. The van der Waals surface area contributed by atoms with Crippen LogP contribution in [0, 0.1) is 0 Å². The molecule has 0 amide bonds. The number of nitrogens with one attached hydrogen (secondary N) is 1. The van der Waals surface area contributed by atoms with E-state index in [0.29, 0.717) is 12.6 Å². The van der Waals surface area contributed by atoms with Gasteiger partial charge in [0.25, 0.3) is 0 Å². The van der Waals surface area contributed by atoms with Crippen molar-refractivity contribution in [1.82, 2.24) is 10.2 Å². The number of aliphatic hydroxyl groups is 1. The second kappa shape index (κ2) is 5.84. The summed E-state index contributed by atoms with van der Waals surface area (Å²) in [5.41, 5.74) is 0. The molecule has 0 aromatic rings. The lowest BCUT2D eigenvalue weighted by molar-refractivity contribution is -0.201. The van der Waals surface area contributed by atoms with Gasteiger partial charge in [-0.3, -0.25) is 4.90 Å². The van der Waals surface area contributed by atoms with Crippen LogP contribution in [0.2, 0.25) is 0 Å². The molecular formula is C10H19F3N2O. The summed E-state index contributed by atoms with van der Waals surface area (Å²) in [5.74, 6) is 0. The zero-order valence-electron chi connectivity index (χ0n) is 9.43. The van der Waals surface area contributed by atoms with Crippen LogP contribution < -0.4 is 5.32 Å². The molecule has 1 atom stereocenters. The Kier molecular flexibility index (Phi) is 5.01. The van der Waals surface area contributed by atoms with Crippen molar-refractivity contribution in [3.8, 4) is 0 Å². The molecule has 0 aromatic carbocycles. The van der Waals surface area contributed by atoms with E-state index >= 15 is 0 Å². The van der Waals surface area contributed by atoms with E-state index in [0.717, 1.165) is 13.1 Å². The van der Waals surface area contributed by atoms with E-state index in [-0.39, 0.29) is 0 Å². The second-order valence-corrected chi connectivity index (χ2v) is 4.12. The molecule has 0 radical (unpaired) electrons. The van der Waals surface area contributed by atoms with Crippen molar-refractivity contribution in [2.24, 2.45) is 0 Å². The Bertz CT molecular complexity index is 203. The molecule has 0 bridgehead atoms. The van der Waals surface area contributed by atoms with Crippen LogP contribution >= 0.6 is 0 Å². The van der Waals surface area contributed by atoms with Gasteiger partial charge < -0.3 is 10.4 Å². The Morgan fingerprint density at radius 3 is 2.50 bits per heavy atom. The highest BCUT2D eigenvalue weighted by Crippen LogP contribution is 2.25. The average molecular weight is 240 g/mol. The van der Waals surface area contributed by atoms with Gasteiger partial charge in [-0.25, -0.2) is 0 Å². The Hall–Kier alpha value is -0.330. The summed E-state index contributed by atoms with van der Waals surface area (Å²) in [6, 6.07) is 0.624. The number of aliphatic hydroxyl groups excluding tert-OH is 1. The average Bonchev–Trinajstić information content (AvgIpc) is 3.00. The van der Waals surface area contributed by atoms with Crippen LogP contribution in [0.15, 0.2) is 0 Å². The third kappa shape index (κ3) is 4.67. The fourth-order valence-electron chi connectivity index (χ4n) is 1.62. The van der Waals surface area contributed by atoms with Gasteiger partial charge in [-0.05, 0) is 19.4 Å². The summed E-state index contributed by atoms with van der Waals surface area (Å²) in [6.07, 6.45) is -4.39. The first kappa shape index (κ1) is 13.7. The van der Waals surface area contributed by atoms with E-state index in [1.807, 2.05) is 6.92 Å². The minimum Gasteiger partial charge on any atom is -0.382 e. The third-order valence-electron chi connectivity index (χ3n) is 2.76. The van der Waals surface area contributed by atoms with Crippen LogP contribution in [-0.4, -0.2) is 54.5 Å². The fraction of sp³-hybridized carbons (Fsp3) is 1.00. The van der Waals surface area contributed by atoms with E-state index < -0.39 is 18.8 Å². The molecule has 1 unspecified atom stereocenters. The first-order valence-electron chi connectivity index (χ1n) is 5.64. The smallest absolute Gasteiger partial charge is 0.382 e. The molecular weight excluding hydrogens is 221 g/mol. The molecule has 3 nitrogen and oxygen atoms in total. The van der Waals surface area contributed by atoms with Gasteiger partial charge in [-0.2, -0.15) is 13.2 Å². The van der Waals surface area contributed by atoms with E-state index in [9.17, 15) is 13.2 Å². The predicted octanol–water partition coefficient (Wildman–Crippen LogP) is 0.983. The van der Waals surface area contributed by atoms with Crippen molar-refractivity contribution in [3.05, 3.63) is 0 Å². The fourth-order valence-corrected chi connectivity index (χ4v) is 1.62. The van der Waals surface area contributed by atoms with E-state index in [4.69, 9.17) is 5.11 Å². The second-order valence-electron chi connectivity index (χ2n) is 4.12. The molecule has 96 valence electrons. The van der Waals surface area contributed by atoms with Crippen LogP contribution in [0.3, 0.4) is 0 Å². The molecule has 0 aliphatic heterocycles. The predicted molar refractivity (Wildman–Crippen MR) is 55.2 cm³/mol. The maximum absolute atomic E-state index is 11.9. The summed E-state index contributed by atoms with van der Waals surface area (Å²) in [4.78, 5) is 2.24. The highest BCUT2D eigenvalue weighted by atomic mass is 19.4. The van der Waals surface area contributed by atoms with Crippen molar-refractivity contribution >= 4 is 0 Å². The quantitative estimate of drug-likeness (QED) is 0.651. The number of nitrogens with zero attached hydrogens (tertiary/aromatic N) is 1. The standard InChI is InChI=1S/C10H19F3N2O/c1-2-15(8-3-4-8)6-5-14-7-9(16)10(11,12)13/h8-9,14,16H,2-7H2,1H3. The molecule has 1 rings (SSSR count). The third-order valence-corrected chi connectivity index (χ3v) is 2.76. The zero-order valence-corrected chi connectivity index (χ0v) is 9.43. The maximum atomic E-state index is 11.9. The molecule has 0 aromatic heterocycles. The van der Waals surface area contributed by atoms with E-state index in [1.54, 1.807) is 0 Å². The molecule has 16 heavy (non-hydrogen) atoms. The highest BCUT2D eigenvalue weighted by Gasteiger charge is 2.37. The molecule has 1 fully saturated rings. The summed E-state index contributed by atoms with van der Waals surface area (Å²) in [5, 5.41) is 11.4. The SMILES string of the molecule is CCN(CCNCC(O)C(F)(F)F)C1CC1. The Labute approximate surface area is 93.6 Å². The monoisotopic (exact) mass is 240 g/mol. The van der Waals surface area contributed by atoms with Crippen molar-refractivity contribution in [2.75, 3.05) is 26.2 Å². The van der Waals surface area contributed by atoms with Crippen molar-refractivity contribution in [2.45, 2.75) is 38.1 Å². The number of halogens is 3. The van der Waals surface area contributed by atoms with Gasteiger partial charge >= 0.3 is 6.18 Å². The van der Waals surface area contributed by atoms with Gasteiger partial charge in [-0.1, -0.05) is 6.92 Å². The van der Waals surface area contributed by atoms with Gasteiger partial charge in [-0.15, -0.1) is 0 Å². The van der Waals surface area contributed by atoms with Crippen LogP contribution in [0.25, 0.3) is 0 Å². The van der Waals surface area contributed by atoms with Crippen molar-refractivity contribution < 1.29 is 18.3 Å². The molecule has 1 aliphatic carbocycles. The number of rotatable bonds is 7. The number of alkyl halides is 3. The Morgan fingerprint density at radius 1 is 1.44 bits per heavy atom. The molecule has 2 N–H and O–H groups in total. The minimum absolute atomic E-state index is 0.425. The van der Waals surface area contributed by atoms with Gasteiger partial charge in [0.15, 0.2) is 6.10 Å². The lowest BCUT2D eigenvalue weighted by atomic mass is 10.3. The van der Waals surface area contributed by atoms with Gasteiger partial charge in [0.2, 0.25) is 0 Å². The van der Waals surface area contributed by atoms with Crippen LogP contribution in [0.4, 0.5) is 13.2 Å². The molecule has 0 spiro atoms. The van der Waals surface area contributed by atoms with Crippen molar-refractivity contribution in [3.63, 3.8) is 0 Å². The highest BCUT2D eigenvalue weighted by molar-refractivity contribution is 4.84. The van der Waals surface area contributed by atoms with Gasteiger partial charge in [0.05, 0.1) is 0 Å². The Balaban J connectivity index is 2.06. The normalized spacial score (nSPS) is 19.1. The number of hydrogen-bond acceptors (Lipinski definition) is 3. The van der Waals surface area contributed by atoms with Gasteiger partial charge in [0.1, 0.15) is 0 Å². The van der Waals surface area contributed by atoms with Crippen LogP contribution in [-0.2, 0) is 0 Å². The lowest BCUT2D eigenvalue weighted by Crippen LogP contribution is -2.41. The molecule has 0 heterocycles. The van der Waals surface area contributed by atoms with Gasteiger partial charge in [0, 0.05) is 25.7 Å². The molecule has 1 saturated carbocycles. The first-order valence-corrected chi connectivity index (χ1v) is 5.64.